The van der Waals surface area contributed by atoms with Crippen molar-refractivity contribution < 1.29 is 0 Å². The van der Waals surface area contributed by atoms with Crippen LogP contribution in [-0.2, 0) is 6.54 Å². The number of hydrogen-bond acceptors (Lipinski definition) is 5. The van der Waals surface area contributed by atoms with Crippen LogP contribution in [0.4, 0.5) is 11.6 Å². The summed E-state index contributed by atoms with van der Waals surface area (Å²) in [6.45, 7) is 7.94. The molecule has 0 aliphatic heterocycles. The number of thiophene rings is 1. The van der Waals surface area contributed by atoms with Gasteiger partial charge in [-0.1, -0.05) is 19.9 Å². The van der Waals surface area contributed by atoms with E-state index in [9.17, 15) is 0 Å². The van der Waals surface area contributed by atoms with Crippen LogP contribution >= 0.6 is 11.3 Å². The number of anilines is 2. The van der Waals surface area contributed by atoms with Gasteiger partial charge in [0.1, 0.15) is 17.5 Å². The van der Waals surface area contributed by atoms with Gasteiger partial charge in [-0.05, 0) is 18.4 Å². The minimum Gasteiger partial charge on any atom is -0.370 e. The molecule has 0 amide bonds. The van der Waals surface area contributed by atoms with Gasteiger partial charge in [0.25, 0.3) is 0 Å². The molecule has 2 heterocycles. The Kier molecular flexibility index (Phi) is 4.74. The molecular formula is C14H20N4S. The molecule has 2 aromatic heterocycles. The lowest BCUT2D eigenvalue weighted by Gasteiger charge is -2.11. The molecular weight excluding hydrogens is 256 g/mol. The number of nitrogens with zero attached hydrogens (tertiary/aromatic N) is 2. The standard InChI is InChI=1S/C14H20N4S/c1-4-15-12-8-13(18-14(17-12)10(2)3)16-9-11-6-5-7-19-11/h5-8,10H,4,9H2,1-3H3,(H2,15,16,17,18). The molecule has 0 aromatic carbocycles. The average Bonchev–Trinajstić information content (AvgIpc) is 2.89. The number of aromatic nitrogens is 2. The molecule has 19 heavy (non-hydrogen) atoms. The van der Waals surface area contributed by atoms with E-state index in [1.54, 1.807) is 11.3 Å². The summed E-state index contributed by atoms with van der Waals surface area (Å²) >= 11 is 1.75. The zero-order valence-corrected chi connectivity index (χ0v) is 12.4. The Bertz CT molecular complexity index is 508. The van der Waals surface area contributed by atoms with Crippen molar-refractivity contribution in [2.45, 2.75) is 33.2 Å². The number of nitrogens with one attached hydrogen (secondary N) is 2. The summed E-state index contributed by atoms with van der Waals surface area (Å²) in [6, 6.07) is 6.14. The molecule has 0 spiro atoms. The van der Waals surface area contributed by atoms with Crippen molar-refractivity contribution in [3.8, 4) is 0 Å². The van der Waals surface area contributed by atoms with Gasteiger partial charge in [0, 0.05) is 23.4 Å². The molecule has 2 aromatic rings. The highest BCUT2D eigenvalue weighted by molar-refractivity contribution is 7.09. The first-order valence-electron chi connectivity index (χ1n) is 6.58. The predicted octanol–water partition coefficient (Wildman–Crippen LogP) is 3.71. The normalized spacial score (nSPS) is 10.7. The fourth-order valence-corrected chi connectivity index (χ4v) is 2.32. The van der Waals surface area contributed by atoms with Gasteiger partial charge in [-0.25, -0.2) is 9.97 Å². The zero-order chi connectivity index (χ0) is 13.7. The molecule has 0 saturated heterocycles. The Morgan fingerprint density at radius 2 is 1.95 bits per heavy atom. The molecule has 0 radical (unpaired) electrons. The minimum absolute atomic E-state index is 0.320. The maximum atomic E-state index is 4.56. The van der Waals surface area contributed by atoms with Gasteiger partial charge in [-0.15, -0.1) is 11.3 Å². The molecule has 2 rings (SSSR count). The maximum Gasteiger partial charge on any atom is 0.135 e. The Morgan fingerprint density at radius 3 is 2.53 bits per heavy atom. The van der Waals surface area contributed by atoms with Crippen molar-refractivity contribution in [1.29, 1.82) is 0 Å². The fraction of sp³-hybridized carbons (Fsp3) is 0.429. The lowest BCUT2D eigenvalue weighted by Crippen LogP contribution is -2.08. The van der Waals surface area contributed by atoms with Crippen LogP contribution in [0.3, 0.4) is 0 Å². The van der Waals surface area contributed by atoms with E-state index < -0.39 is 0 Å². The first-order chi connectivity index (χ1) is 9.19. The molecule has 0 aliphatic rings. The average molecular weight is 276 g/mol. The second-order valence-corrected chi connectivity index (χ2v) is 5.65. The molecule has 0 atom stereocenters. The van der Waals surface area contributed by atoms with E-state index in [4.69, 9.17) is 0 Å². The summed E-state index contributed by atoms with van der Waals surface area (Å²) in [5.74, 6) is 2.95. The van der Waals surface area contributed by atoms with Crippen LogP contribution in [-0.4, -0.2) is 16.5 Å². The van der Waals surface area contributed by atoms with E-state index in [0.717, 1.165) is 30.5 Å². The van der Waals surface area contributed by atoms with E-state index in [2.05, 4.69) is 58.9 Å². The Morgan fingerprint density at radius 1 is 1.21 bits per heavy atom. The van der Waals surface area contributed by atoms with Crippen molar-refractivity contribution in [3.05, 3.63) is 34.3 Å². The summed E-state index contributed by atoms with van der Waals surface area (Å²) < 4.78 is 0. The van der Waals surface area contributed by atoms with Crippen molar-refractivity contribution in [1.82, 2.24) is 9.97 Å². The molecule has 0 bridgehead atoms. The maximum absolute atomic E-state index is 4.56. The smallest absolute Gasteiger partial charge is 0.135 e. The Labute approximate surface area is 118 Å². The largest absolute Gasteiger partial charge is 0.370 e. The molecule has 4 nitrogen and oxygen atoms in total. The first kappa shape index (κ1) is 13.8. The van der Waals surface area contributed by atoms with Crippen molar-refractivity contribution in [2.75, 3.05) is 17.2 Å². The summed E-state index contributed by atoms with van der Waals surface area (Å²) in [5.41, 5.74) is 0. The minimum atomic E-state index is 0.320. The molecule has 0 fully saturated rings. The summed E-state index contributed by atoms with van der Waals surface area (Å²) in [7, 11) is 0. The highest BCUT2D eigenvalue weighted by Crippen LogP contribution is 2.18. The van der Waals surface area contributed by atoms with Gasteiger partial charge in [0.15, 0.2) is 0 Å². The van der Waals surface area contributed by atoms with E-state index in [1.807, 2.05) is 6.07 Å². The monoisotopic (exact) mass is 276 g/mol. The number of hydrogen-bond donors (Lipinski definition) is 2. The molecule has 2 N–H and O–H groups in total. The van der Waals surface area contributed by atoms with Crippen LogP contribution in [0.2, 0.25) is 0 Å². The molecule has 0 saturated carbocycles. The predicted molar refractivity (Wildman–Crippen MR) is 81.9 cm³/mol. The second kappa shape index (κ2) is 6.52. The van der Waals surface area contributed by atoms with Crippen molar-refractivity contribution in [2.24, 2.45) is 0 Å². The van der Waals surface area contributed by atoms with Gasteiger partial charge in [0.05, 0.1) is 6.54 Å². The van der Waals surface area contributed by atoms with Crippen LogP contribution in [0.1, 0.15) is 37.4 Å². The Hall–Kier alpha value is -1.62. The molecule has 5 heteroatoms. The summed E-state index contributed by atoms with van der Waals surface area (Å²) in [5, 5.41) is 8.69. The van der Waals surface area contributed by atoms with Crippen molar-refractivity contribution >= 4 is 23.0 Å². The molecule has 0 unspecified atom stereocenters. The van der Waals surface area contributed by atoms with E-state index >= 15 is 0 Å². The third-order valence-electron chi connectivity index (χ3n) is 2.64. The van der Waals surface area contributed by atoms with Crippen LogP contribution in [0.5, 0.6) is 0 Å². The summed E-state index contributed by atoms with van der Waals surface area (Å²) in [6.07, 6.45) is 0. The van der Waals surface area contributed by atoms with Crippen LogP contribution in [0, 0.1) is 0 Å². The topological polar surface area (TPSA) is 49.8 Å². The number of rotatable bonds is 6. The van der Waals surface area contributed by atoms with Crippen molar-refractivity contribution in [3.63, 3.8) is 0 Å². The first-order valence-corrected chi connectivity index (χ1v) is 7.46. The molecule has 102 valence electrons. The van der Waals surface area contributed by atoms with Crippen LogP contribution in [0.15, 0.2) is 23.6 Å². The van der Waals surface area contributed by atoms with Gasteiger partial charge in [-0.2, -0.15) is 0 Å². The SMILES string of the molecule is CCNc1cc(NCc2cccs2)nc(C(C)C)n1. The van der Waals surface area contributed by atoms with Crippen LogP contribution in [0.25, 0.3) is 0 Å². The van der Waals surface area contributed by atoms with Gasteiger partial charge in [0.2, 0.25) is 0 Å². The fourth-order valence-electron chi connectivity index (χ4n) is 1.68. The quantitative estimate of drug-likeness (QED) is 0.844. The van der Waals surface area contributed by atoms with Gasteiger partial charge in [-0.3, -0.25) is 0 Å². The van der Waals surface area contributed by atoms with E-state index in [1.165, 1.54) is 4.88 Å². The zero-order valence-electron chi connectivity index (χ0n) is 11.6. The third kappa shape index (κ3) is 3.92. The van der Waals surface area contributed by atoms with Gasteiger partial charge < -0.3 is 10.6 Å². The second-order valence-electron chi connectivity index (χ2n) is 4.61. The lowest BCUT2D eigenvalue weighted by atomic mass is 10.2. The Balaban J connectivity index is 2.13. The van der Waals surface area contributed by atoms with E-state index in [0.29, 0.717) is 5.92 Å². The van der Waals surface area contributed by atoms with Gasteiger partial charge >= 0.3 is 0 Å². The summed E-state index contributed by atoms with van der Waals surface area (Å²) in [4.78, 5) is 10.4. The lowest BCUT2D eigenvalue weighted by molar-refractivity contribution is 0.775. The van der Waals surface area contributed by atoms with Crippen LogP contribution < -0.4 is 10.6 Å². The third-order valence-corrected chi connectivity index (χ3v) is 3.52. The molecule has 0 aliphatic carbocycles. The van der Waals surface area contributed by atoms with E-state index in [-0.39, 0.29) is 0 Å². The highest BCUT2D eigenvalue weighted by Gasteiger charge is 2.07. The highest BCUT2D eigenvalue weighted by atomic mass is 32.1.